The van der Waals surface area contributed by atoms with Crippen LogP contribution in [0.25, 0.3) is 0 Å². The molecule has 2 N–H and O–H groups in total. The zero-order valence-electron chi connectivity index (χ0n) is 20.3. The number of nitrogens with zero attached hydrogens (tertiary/aromatic N) is 1. The number of anilines is 2. The maximum atomic E-state index is 13.6. The van der Waals surface area contributed by atoms with Crippen molar-refractivity contribution in [2.45, 2.75) is 30.8 Å². The standard InChI is InChI=1S/C27H28ClN3O5S/c1-19-7-2-5-11-25(19)31(37(34,35)22-14-12-20(28)13-15-22)18-26(32)30-24-10-4-3-9-23(24)27(33)29-17-21-8-6-16-36-21/h2-5,7,9-15,21H,6,8,16-18H2,1H3,(H,29,33)(H,30,32)/t21-/m0/s1. The lowest BCUT2D eigenvalue weighted by atomic mass is 10.1. The van der Waals surface area contributed by atoms with Gasteiger partial charge in [0.05, 0.1) is 27.9 Å². The minimum Gasteiger partial charge on any atom is -0.376 e. The summed E-state index contributed by atoms with van der Waals surface area (Å²) in [5.74, 6) is -0.948. The molecule has 0 radical (unpaired) electrons. The monoisotopic (exact) mass is 541 g/mol. The lowest BCUT2D eigenvalue weighted by Gasteiger charge is -2.25. The van der Waals surface area contributed by atoms with Gasteiger partial charge in [-0.25, -0.2) is 8.42 Å². The van der Waals surface area contributed by atoms with Gasteiger partial charge >= 0.3 is 0 Å². The summed E-state index contributed by atoms with van der Waals surface area (Å²) in [5.41, 5.74) is 1.61. The number of carbonyl (C=O) groups is 2. The van der Waals surface area contributed by atoms with Crippen LogP contribution in [0.15, 0.2) is 77.7 Å². The van der Waals surface area contributed by atoms with E-state index in [1.807, 2.05) is 0 Å². The lowest BCUT2D eigenvalue weighted by molar-refractivity contribution is -0.114. The van der Waals surface area contributed by atoms with E-state index in [0.717, 1.165) is 17.1 Å². The van der Waals surface area contributed by atoms with Crippen LogP contribution >= 0.6 is 11.6 Å². The first-order valence-corrected chi connectivity index (χ1v) is 13.7. The van der Waals surface area contributed by atoms with Gasteiger partial charge in [0.1, 0.15) is 6.54 Å². The predicted octanol–water partition coefficient (Wildman–Crippen LogP) is 4.39. The Hall–Kier alpha value is -3.40. The molecule has 3 aromatic rings. The number of hydrogen-bond donors (Lipinski definition) is 2. The zero-order chi connectivity index (χ0) is 26.4. The van der Waals surface area contributed by atoms with E-state index in [0.29, 0.717) is 29.4 Å². The molecule has 0 aliphatic carbocycles. The quantitative estimate of drug-likeness (QED) is 0.418. The van der Waals surface area contributed by atoms with E-state index in [9.17, 15) is 18.0 Å². The number of para-hydroxylation sites is 2. The minimum atomic E-state index is -4.10. The summed E-state index contributed by atoms with van der Waals surface area (Å²) in [5, 5.41) is 5.96. The summed E-state index contributed by atoms with van der Waals surface area (Å²) in [6.07, 6.45) is 1.82. The average Bonchev–Trinajstić information content (AvgIpc) is 3.41. The van der Waals surface area contributed by atoms with Gasteiger partial charge in [-0.2, -0.15) is 0 Å². The lowest BCUT2D eigenvalue weighted by Crippen LogP contribution is -2.39. The molecular weight excluding hydrogens is 514 g/mol. The molecule has 0 unspecified atom stereocenters. The number of sulfonamides is 1. The Balaban J connectivity index is 1.56. The largest absolute Gasteiger partial charge is 0.376 e. The normalized spacial score (nSPS) is 15.2. The summed E-state index contributed by atoms with van der Waals surface area (Å²) >= 11 is 5.95. The third-order valence-electron chi connectivity index (χ3n) is 6.03. The highest BCUT2D eigenvalue weighted by Crippen LogP contribution is 2.27. The topological polar surface area (TPSA) is 105 Å². The second kappa shape index (κ2) is 11.8. The van der Waals surface area contributed by atoms with Crippen molar-refractivity contribution in [1.82, 2.24) is 5.32 Å². The summed E-state index contributed by atoms with van der Waals surface area (Å²) in [6, 6.07) is 19.3. The number of amides is 2. The molecule has 3 aromatic carbocycles. The molecule has 194 valence electrons. The van der Waals surface area contributed by atoms with E-state index in [2.05, 4.69) is 10.6 Å². The van der Waals surface area contributed by atoms with Crippen LogP contribution in [0.5, 0.6) is 0 Å². The van der Waals surface area contributed by atoms with E-state index < -0.39 is 22.5 Å². The van der Waals surface area contributed by atoms with Crippen LogP contribution < -0.4 is 14.9 Å². The third kappa shape index (κ3) is 6.49. The molecule has 1 heterocycles. The molecule has 1 atom stereocenters. The Labute approximate surface area is 221 Å². The van der Waals surface area contributed by atoms with Crippen LogP contribution in [0.4, 0.5) is 11.4 Å². The van der Waals surface area contributed by atoms with E-state index in [4.69, 9.17) is 16.3 Å². The Morgan fingerprint density at radius 2 is 1.73 bits per heavy atom. The molecule has 0 spiro atoms. The number of halogens is 1. The van der Waals surface area contributed by atoms with E-state index >= 15 is 0 Å². The van der Waals surface area contributed by atoms with Gasteiger partial charge in [-0.15, -0.1) is 0 Å². The molecular formula is C27H28ClN3O5S. The first-order valence-electron chi connectivity index (χ1n) is 11.9. The molecule has 1 fully saturated rings. The van der Waals surface area contributed by atoms with Crippen LogP contribution in [-0.4, -0.2) is 46.0 Å². The Morgan fingerprint density at radius 3 is 2.43 bits per heavy atom. The molecule has 2 amide bonds. The molecule has 1 aliphatic heterocycles. The maximum Gasteiger partial charge on any atom is 0.264 e. The van der Waals surface area contributed by atoms with Gasteiger partial charge in [-0.1, -0.05) is 41.9 Å². The van der Waals surface area contributed by atoms with Crippen LogP contribution in [0.3, 0.4) is 0 Å². The first-order chi connectivity index (χ1) is 17.8. The van der Waals surface area contributed by atoms with Gasteiger partial charge in [0.2, 0.25) is 5.91 Å². The van der Waals surface area contributed by atoms with Gasteiger partial charge in [0.25, 0.3) is 15.9 Å². The summed E-state index contributed by atoms with van der Waals surface area (Å²) in [7, 11) is -4.10. The Bertz CT molecular complexity index is 1370. The first kappa shape index (κ1) is 26.7. The van der Waals surface area contributed by atoms with E-state index in [1.54, 1.807) is 55.5 Å². The van der Waals surface area contributed by atoms with Gasteiger partial charge in [-0.05, 0) is 67.8 Å². The number of ether oxygens (including phenoxy) is 1. The molecule has 10 heteroatoms. The van der Waals surface area contributed by atoms with Crippen molar-refractivity contribution in [1.29, 1.82) is 0 Å². The Kier molecular flexibility index (Phi) is 8.48. The number of hydrogen-bond acceptors (Lipinski definition) is 5. The molecule has 0 aromatic heterocycles. The van der Waals surface area contributed by atoms with Gasteiger partial charge in [0, 0.05) is 18.2 Å². The average molecular weight is 542 g/mol. The van der Waals surface area contributed by atoms with Crippen molar-refractivity contribution < 1.29 is 22.7 Å². The molecule has 1 aliphatic rings. The van der Waals surface area contributed by atoms with Crippen molar-refractivity contribution >= 4 is 44.8 Å². The van der Waals surface area contributed by atoms with Crippen LogP contribution in [0.1, 0.15) is 28.8 Å². The number of rotatable bonds is 9. The fraction of sp³-hybridized carbons (Fsp3) is 0.259. The SMILES string of the molecule is Cc1ccccc1N(CC(=O)Nc1ccccc1C(=O)NC[C@@H]1CCCO1)S(=O)(=O)c1ccc(Cl)cc1. The van der Waals surface area contributed by atoms with Gasteiger partial charge in [-0.3, -0.25) is 13.9 Å². The molecule has 37 heavy (non-hydrogen) atoms. The minimum absolute atomic E-state index is 0.00172. The highest BCUT2D eigenvalue weighted by Gasteiger charge is 2.28. The van der Waals surface area contributed by atoms with E-state index in [1.165, 1.54) is 24.3 Å². The van der Waals surface area contributed by atoms with Gasteiger partial charge < -0.3 is 15.4 Å². The van der Waals surface area contributed by atoms with Crippen molar-refractivity contribution in [3.8, 4) is 0 Å². The predicted molar refractivity (Wildman–Crippen MR) is 144 cm³/mol. The Morgan fingerprint density at radius 1 is 1.03 bits per heavy atom. The number of carbonyl (C=O) groups excluding carboxylic acids is 2. The molecule has 4 rings (SSSR count). The molecule has 8 nitrogen and oxygen atoms in total. The van der Waals surface area contributed by atoms with Crippen molar-refractivity contribution in [3.63, 3.8) is 0 Å². The maximum absolute atomic E-state index is 13.6. The molecule has 1 saturated heterocycles. The highest BCUT2D eigenvalue weighted by molar-refractivity contribution is 7.92. The second-order valence-corrected chi connectivity index (χ2v) is 11.0. The zero-order valence-corrected chi connectivity index (χ0v) is 21.9. The summed E-state index contributed by atoms with van der Waals surface area (Å²) in [6.45, 7) is 2.33. The molecule has 0 saturated carbocycles. The fourth-order valence-corrected chi connectivity index (χ4v) is 5.71. The molecule has 0 bridgehead atoms. The van der Waals surface area contributed by atoms with Crippen LogP contribution in [0.2, 0.25) is 5.02 Å². The van der Waals surface area contributed by atoms with Crippen LogP contribution in [0, 0.1) is 6.92 Å². The highest BCUT2D eigenvalue weighted by atomic mass is 35.5. The smallest absolute Gasteiger partial charge is 0.264 e. The van der Waals surface area contributed by atoms with Crippen molar-refractivity contribution in [2.24, 2.45) is 0 Å². The van der Waals surface area contributed by atoms with Crippen molar-refractivity contribution in [3.05, 3.63) is 88.9 Å². The summed E-state index contributed by atoms with van der Waals surface area (Å²) < 4.78 is 33.8. The number of aryl methyl sites for hydroxylation is 1. The van der Waals surface area contributed by atoms with Gasteiger partial charge in [0.15, 0.2) is 0 Å². The number of nitrogens with one attached hydrogen (secondary N) is 2. The van der Waals surface area contributed by atoms with E-state index in [-0.39, 0.29) is 28.2 Å². The third-order valence-corrected chi connectivity index (χ3v) is 8.06. The fourth-order valence-electron chi connectivity index (χ4n) is 4.09. The summed E-state index contributed by atoms with van der Waals surface area (Å²) in [4.78, 5) is 26.0. The second-order valence-electron chi connectivity index (χ2n) is 8.69. The van der Waals surface area contributed by atoms with Crippen LogP contribution in [-0.2, 0) is 19.6 Å². The number of benzene rings is 3. The van der Waals surface area contributed by atoms with Crippen molar-refractivity contribution in [2.75, 3.05) is 29.3 Å².